The first-order valence-corrected chi connectivity index (χ1v) is 8.66. The summed E-state index contributed by atoms with van der Waals surface area (Å²) in [4.78, 5) is 10.0. The minimum absolute atomic E-state index is 0.448. The van der Waals surface area contributed by atoms with E-state index in [2.05, 4.69) is 15.1 Å². The van der Waals surface area contributed by atoms with Crippen LogP contribution in [0.3, 0.4) is 0 Å². The van der Waals surface area contributed by atoms with Crippen molar-refractivity contribution in [3.8, 4) is 33.8 Å². The Kier molecular flexibility index (Phi) is 4.07. The molecule has 0 radical (unpaired) electrons. The van der Waals surface area contributed by atoms with E-state index in [4.69, 9.17) is 14.0 Å². The number of nitrogens with zero attached hydrogens (tertiary/aromatic N) is 3. The Morgan fingerprint density at radius 2 is 2.08 bits per heavy atom. The highest BCUT2D eigenvalue weighted by molar-refractivity contribution is 7.13. The van der Waals surface area contributed by atoms with Gasteiger partial charge in [0.25, 0.3) is 5.89 Å². The molecule has 3 heterocycles. The van der Waals surface area contributed by atoms with Crippen LogP contribution in [0.25, 0.3) is 33.1 Å². The monoisotopic (exact) mass is 353 g/mol. The van der Waals surface area contributed by atoms with Crippen LogP contribution in [0, 0.1) is 0 Å². The van der Waals surface area contributed by atoms with Gasteiger partial charge in [-0.05, 0) is 42.6 Å². The zero-order chi connectivity index (χ0) is 17.2. The van der Waals surface area contributed by atoms with Crippen molar-refractivity contribution in [2.24, 2.45) is 0 Å². The quantitative estimate of drug-likeness (QED) is 0.529. The van der Waals surface area contributed by atoms with E-state index in [9.17, 15) is 0 Å². The Bertz CT molecular complexity index is 1010. The van der Waals surface area contributed by atoms with Gasteiger partial charge in [0.15, 0.2) is 0 Å². The van der Waals surface area contributed by atoms with E-state index in [0.717, 1.165) is 21.5 Å². The van der Waals surface area contributed by atoms with Crippen LogP contribution in [0.4, 0.5) is 0 Å². The number of benzene rings is 1. The number of pyridine rings is 1. The standard InChI is InChI=1S/C18H15N3O3S/c1-3-23-17-13(10-11-9-12(22-2)6-7-14(11)19-17)16-20-18(24-21-16)15-5-4-8-25-15/h4-10H,3H2,1-2H3. The lowest BCUT2D eigenvalue weighted by Crippen LogP contribution is -1.98. The number of ether oxygens (including phenoxy) is 2. The van der Waals surface area contributed by atoms with Gasteiger partial charge in [-0.25, -0.2) is 4.98 Å². The van der Waals surface area contributed by atoms with Crippen LogP contribution in [-0.4, -0.2) is 28.8 Å². The Balaban J connectivity index is 1.85. The third-order valence-electron chi connectivity index (χ3n) is 3.67. The summed E-state index contributed by atoms with van der Waals surface area (Å²) in [6, 6.07) is 11.5. The van der Waals surface area contributed by atoms with Gasteiger partial charge in [-0.2, -0.15) is 4.98 Å². The minimum Gasteiger partial charge on any atom is -0.497 e. The number of methoxy groups -OCH3 is 1. The maximum absolute atomic E-state index is 5.69. The first kappa shape index (κ1) is 15.6. The van der Waals surface area contributed by atoms with Crippen LogP contribution in [0.2, 0.25) is 0 Å². The number of hydrogen-bond donors (Lipinski definition) is 0. The van der Waals surface area contributed by atoms with Gasteiger partial charge in [0, 0.05) is 5.39 Å². The van der Waals surface area contributed by atoms with Crippen molar-refractivity contribution in [2.45, 2.75) is 6.92 Å². The summed E-state index contributed by atoms with van der Waals surface area (Å²) < 4.78 is 16.4. The number of rotatable bonds is 5. The molecular formula is C18H15N3O3S. The van der Waals surface area contributed by atoms with Gasteiger partial charge in [-0.15, -0.1) is 11.3 Å². The normalized spacial score (nSPS) is 11.0. The second-order valence-electron chi connectivity index (χ2n) is 5.23. The van der Waals surface area contributed by atoms with Crippen LogP contribution in [-0.2, 0) is 0 Å². The van der Waals surface area contributed by atoms with Crippen molar-refractivity contribution in [1.29, 1.82) is 0 Å². The molecule has 0 saturated carbocycles. The lowest BCUT2D eigenvalue weighted by Gasteiger charge is -2.09. The van der Waals surface area contributed by atoms with Gasteiger partial charge in [-0.1, -0.05) is 11.2 Å². The molecule has 0 saturated heterocycles. The van der Waals surface area contributed by atoms with Crippen molar-refractivity contribution >= 4 is 22.2 Å². The van der Waals surface area contributed by atoms with Gasteiger partial charge in [0.05, 0.1) is 29.7 Å². The molecule has 0 bridgehead atoms. The zero-order valence-corrected chi connectivity index (χ0v) is 14.5. The summed E-state index contributed by atoms with van der Waals surface area (Å²) >= 11 is 1.55. The molecule has 6 nitrogen and oxygen atoms in total. The molecule has 3 aromatic heterocycles. The summed E-state index contributed by atoms with van der Waals surface area (Å²) in [5, 5.41) is 6.99. The number of hydrogen-bond acceptors (Lipinski definition) is 7. The van der Waals surface area contributed by atoms with Crippen molar-refractivity contribution in [3.63, 3.8) is 0 Å². The molecule has 0 spiro atoms. The van der Waals surface area contributed by atoms with Gasteiger partial charge >= 0.3 is 0 Å². The fourth-order valence-electron chi connectivity index (χ4n) is 2.50. The topological polar surface area (TPSA) is 70.3 Å². The SMILES string of the molecule is CCOc1nc2ccc(OC)cc2cc1-c1noc(-c2cccs2)n1. The lowest BCUT2D eigenvalue weighted by atomic mass is 10.1. The minimum atomic E-state index is 0.448. The summed E-state index contributed by atoms with van der Waals surface area (Å²) in [5.74, 6) is 2.18. The average Bonchev–Trinajstić information content (AvgIpc) is 3.32. The second kappa shape index (κ2) is 6.52. The highest BCUT2D eigenvalue weighted by Crippen LogP contribution is 2.33. The number of fused-ring (bicyclic) bond motifs is 1. The number of aromatic nitrogens is 3. The largest absolute Gasteiger partial charge is 0.497 e. The molecule has 0 atom stereocenters. The molecule has 25 heavy (non-hydrogen) atoms. The van der Waals surface area contributed by atoms with E-state index in [1.54, 1.807) is 18.4 Å². The third-order valence-corrected chi connectivity index (χ3v) is 4.52. The molecule has 4 aromatic rings. The molecular weight excluding hydrogens is 338 g/mol. The fourth-order valence-corrected chi connectivity index (χ4v) is 3.15. The first-order chi connectivity index (χ1) is 12.3. The van der Waals surface area contributed by atoms with Crippen molar-refractivity contribution < 1.29 is 14.0 Å². The maximum atomic E-state index is 5.69. The summed E-state index contributed by atoms with van der Waals surface area (Å²) in [5.41, 5.74) is 1.50. The van der Waals surface area contributed by atoms with Gasteiger partial charge in [0.1, 0.15) is 5.75 Å². The molecule has 4 rings (SSSR count). The van der Waals surface area contributed by atoms with Crippen molar-refractivity contribution in [3.05, 3.63) is 41.8 Å². The Morgan fingerprint density at radius 3 is 2.84 bits per heavy atom. The van der Waals surface area contributed by atoms with E-state index in [0.29, 0.717) is 29.8 Å². The van der Waals surface area contributed by atoms with Crippen LogP contribution in [0.5, 0.6) is 11.6 Å². The third kappa shape index (κ3) is 2.94. The van der Waals surface area contributed by atoms with Crippen LogP contribution in [0.1, 0.15) is 6.92 Å². The molecule has 0 aliphatic carbocycles. The van der Waals surface area contributed by atoms with Crippen molar-refractivity contribution in [2.75, 3.05) is 13.7 Å². The molecule has 0 aliphatic rings. The Labute approximate surface area is 148 Å². The van der Waals surface area contributed by atoms with E-state index in [-0.39, 0.29) is 0 Å². The van der Waals surface area contributed by atoms with Crippen molar-refractivity contribution in [1.82, 2.24) is 15.1 Å². The molecule has 0 amide bonds. The molecule has 0 aliphatic heterocycles. The molecule has 0 fully saturated rings. The Hall–Kier alpha value is -2.93. The smallest absolute Gasteiger partial charge is 0.268 e. The first-order valence-electron chi connectivity index (χ1n) is 7.78. The highest BCUT2D eigenvalue weighted by atomic mass is 32.1. The Morgan fingerprint density at radius 1 is 1.16 bits per heavy atom. The maximum Gasteiger partial charge on any atom is 0.268 e. The van der Waals surface area contributed by atoms with Gasteiger partial charge in [0.2, 0.25) is 11.7 Å². The highest BCUT2D eigenvalue weighted by Gasteiger charge is 2.18. The summed E-state index contributed by atoms with van der Waals surface area (Å²) in [7, 11) is 1.64. The summed E-state index contributed by atoms with van der Waals surface area (Å²) in [6.45, 7) is 2.41. The molecule has 126 valence electrons. The van der Waals surface area contributed by atoms with Crippen LogP contribution >= 0.6 is 11.3 Å². The summed E-state index contributed by atoms with van der Waals surface area (Å²) in [6.07, 6.45) is 0. The van der Waals surface area contributed by atoms with E-state index in [1.165, 1.54) is 0 Å². The van der Waals surface area contributed by atoms with Crippen LogP contribution < -0.4 is 9.47 Å². The predicted octanol–water partition coefficient (Wildman–Crippen LogP) is 4.42. The zero-order valence-electron chi connectivity index (χ0n) is 13.7. The van der Waals surface area contributed by atoms with Crippen LogP contribution in [0.15, 0.2) is 46.3 Å². The van der Waals surface area contributed by atoms with E-state index < -0.39 is 0 Å². The van der Waals surface area contributed by atoms with E-state index >= 15 is 0 Å². The fraction of sp³-hybridized carbons (Fsp3) is 0.167. The average molecular weight is 353 g/mol. The lowest BCUT2D eigenvalue weighted by molar-refractivity contribution is 0.329. The predicted molar refractivity (Wildman–Crippen MR) is 96.1 cm³/mol. The van der Waals surface area contributed by atoms with Gasteiger partial charge < -0.3 is 14.0 Å². The van der Waals surface area contributed by atoms with E-state index in [1.807, 2.05) is 48.7 Å². The van der Waals surface area contributed by atoms with Gasteiger partial charge in [-0.3, -0.25) is 0 Å². The second-order valence-corrected chi connectivity index (χ2v) is 6.18. The molecule has 1 aromatic carbocycles. The number of thiophene rings is 1. The molecule has 7 heteroatoms. The molecule has 0 N–H and O–H groups in total. The molecule has 0 unspecified atom stereocenters.